The summed E-state index contributed by atoms with van der Waals surface area (Å²) < 4.78 is 4.65. The van der Waals surface area contributed by atoms with E-state index in [0.717, 1.165) is 12.8 Å². The number of hydrogen-bond donors (Lipinski definition) is 1. The molecule has 0 unspecified atom stereocenters. The highest BCUT2D eigenvalue weighted by Crippen LogP contribution is 2.16. The second kappa shape index (κ2) is 7.07. The molecule has 20 heavy (non-hydrogen) atoms. The van der Waals surface area contributed by atoms with Crippen LogP contribution in [0.4, 0.5) is 0 Å². The molecule has 1 rings (SSSR count). The van der Waals surface area contributed by atoms with Crippen LogP contribution in [0, 0.1) is 5.92 Å². The van der Waals surface area contributed by atoms with E-state index in [0.29, 0.717) is 12.5 Å². The molecule has 1 N–H and O–H groups in total. The maximum Gasteiger partial charge on any atom is 0.374 e. The number of carbonyl (C=O) groups is 2. The van der Waals surface area contributed by atoms with Crippen molar-refractivity contribution in [1.82, 2.24) is 10.1 Å². The van der Waals surface area contributed by atoms with E-state index < -0.39 is 5.97 Å². The number of carboxylic acid groups (broad SMARTS) is 1. The van der Waals surface area contributed by atoms with Gasteiger partial charge in [-0.25, -0.2) is 4.79 Å². The highest BCUT2D eigenvalue weighted by molar-refractivity contribution is 5.95. The van der Waals surface area contributed by atoms with Gasteiger partial charge in [0.25, 0.3) is 5.91 Å². The molecular weight excluding hydrogens is 260 g/mol. The van der Waals surface area contributed by atoms with Crippen molar-refractivity contribution in [3.05, 3.63) is 17.5 Å². The first kappa shape index (κ1) is 16.2. The van der Waals surface area contributed by atoms with Crippen LogP contribution in [0.15, 0.2) is 10.6 Å². The minimum atomic E-state index is -1.23. The van der Waals surface area contributed by atoms with Crippen LogP contribution in [0.2, 0.25) is 0 Å². The molecule has 1 amide bonds. The number of aromatic carboxylic acids is 1. The predicted molar refractivity (Wildman–Crippen MR) is 73.7 cm³/mol. The van der Waals surface area contributed by atoms with Crippen molar-refractivity contribution in [3.8, 4) is 0 Å². The van der Waals surface area contributed by atoms with Crippen LogP contribution in [0.5, 0.6) is 0 Å². The summed E-state index contributed by atoms with van der Waals surface area (Å²) in [5, 5.41) is 12.4. The second-order valence-electron chi connectivity index (χ2n) is 5.20. The summed E-state index contributed by atoms with van der Waals surface area (Å²) in [4.78, 5) is 25.0. The van der Waals surface area contributed by atoms with E-state index in [1.54, 1.807) is 4.90 Å². The van der Waals surface area contributed by atoms with Gasteiger partial charge in [-0.3, -0.25) is 4.79 Å². The standard InChI is InChI=1S/C14H22N2O4/c1-5-10(6-2)16(8-9(3)4)13(17)11-7-12(14(18)19)20-15-11/h7,9-10H,5-6,8H2,1-4H3,(H,18,19). The Hall–Kier alpha value is -1.85. The lowest BCUT2D eigenvalue weighted by atomic mass is 10.1. The van der Waals surface area contributed by atoms with E-state index in [9.17, 15) is 9.59 Å². The fraction of sp³-hybridized carbons (Fsp3) is 0.643. The van der Waals surface area contributed by atoms with Gasteiger partial charge < -0.3 is 14.5 Å². The molecule has 1 aromatic rings. The number of aromatic nitrogens is 1. The van der Waals surface area contributed by atoms with Gasteiger partial charge in [0, 0.05) is 18.7 Å². The Labute approximate surface area is 118 Å². The van der Waals surface area contributed by atoms with Gasteiger partial charge in [0.15, 0.2) is 5.69 Å². The summed E-state index contributed by atoms with van der Waals surface area (Å²) in [6.45, 7) is 8.74. The Morgan fingerprint density at radius 2 is 1.95 bits per heavy atom. The van der Waals surface area contributed by atoms with Crippen molar-refractivity contribution in [2.75, 3.05) is 6.54 Å². The largest absolute Gasteiger partial charge is 0.475 e. The summed E-state index contributed by atoms with van der Waals surface area (Å²) in [6, 6.07) is 1.30. The molecular formula is C14H22N2O4. The van der Waals surface area contributed by atoms with Crippen molar-refractivity contribution in [2.24, 2.45) is 5.92 Å². The minimum absolute atomic E-state index is 0.0509. The van der Waals surface area contributed by atoms with Gasteiger partial charge in [0.05, 0.1) is 0 Å². The zero-order valence-corrected chi connectivity index (χ0v) is 12.4. The SMILES string of the molecule is CCC(CC)N(CC(C)C)C(=O)c1cc(C(=O)O)on1. The number of carbonyl (C=O) groups excluding carboxylic acids is 1. The van der Waals surface area contributed by atoms with Crippen LogP contribution < -0.4 is 0 Å². The number of carboxylic acids is 1. The van der Waals surface area contributed by atoms with Crippen LogP contribution in [0.25, 0.3) is 0 Å². The lowest BCUT2D eigenvalue weighted by molar-refractivity contribution is 0.0619. The number of rotatable bonds is 7. The monoisotopic (exact) mass is 282 g/mol. The van der Waals surface area contributed by atoms with E-state index in [-0.39, 0.29) is 23.4 Å². The van der Waals surface area contributed by atoms with Crippen molar-refractivity contribution in [3.63, 3.8) is 0 Å². The van der Waals surface area contributed by atoms with Crippen molar-refractivity contribution >= 4 is 11.9 Å². The van der Waals surface area contributed by atoms with Crippen LogP contribution in [-0.4, -0.2) is 39.6 Å². The maximum absolute atomic E-state index is 12.5. The Morgan fingerprint density at radius 1 is 1.35 bits per heavy atom. The molecule has 0 aliphatic heterocycles. The fourth-order valence-corrected chi connectivity index (χ4v) is 2.14. The first-order chi connectivity index (χ1) is 9.40. The Bertz CT molecular complexity index is 463. The van der Waals surface area contributed by atoms with E-state index in [2.05, 4.69) is 9.68 Å². The first-order valence-corrected chi connectivity index (χ1v) is 6.91. The molecule has 0 aliphatic rings. The van der Waals surface area contributed by atoms with E-state index in [1.165, 1.54) is 6.07 Å². The topological polar surface area (TPSA) is 83.6 Å². The summed E-state index contributed by atoms with van der Waals surface area (Å²) in [6.07, 6.45) is 1.69. The molecule has 0 spiro atoms. The molecule has 0 fully saturated rings. The maximum atomic E-state index is 12.5. The first-order valence-electron chi connectivity index (χ1n) is 6.91. The average molecular weight is 282 g/mol. The van der Waals surface area contributed by atoms with Gasteiger partial charge in [-0.05, 0) is 18.8 Å². The zero-order chi connectivity index (χ0) is 15.3. The lowest BCUT2D eigenvalue weighted by Gasteiger charge is -2.31. The normalized spacial score (nSPS) is 11.1. The molecule has 1 heterocycles. The highest BCUT2D eigenvalue weighted by atomic mass is 16.5. The van der Waals surface area contributed by atoms with Crippen molar-refractivity contribution in [1.29, 1.82) is 0 Å². The van der Waals surface area contributed by atoms with Crippen LogP contribution in [0.3, 0.4) is 0 Å². The number of nitrogens with zero attached hydrogens (tertiary/aromatic N) is 2. The molecule has 0 saturated heterocycles. The van der Waals surface area contributed by atoms with Crippen molar-refractivity contribution in [2.45, 2.75) is 46.6 Å². The fourth-order valence-electron chi connectivity index (χ4n) is 2.14. The number of amides is 1. The molecule has 0 radical (unpaired) electrons. The van der Waals surface area contributed by atoms with Crippen LogP contribution >= 0.6 is 0 Å². The van der Waals surface area contributed by atoms with Crippen LogP contribution in [-0.2, 0) is 0 Å². The predicted octanol–water partition coefficient (Wildman–Crippen LogP) is 2.66. The van der Waals surface area contributed by atoms with Gasteiger partial charge in [-0.2, -0.15) is 0 Å². The molecule has 0 atom stereocenters. The Kier molecular flexibility index (Phi) is 5.73. The Balaban J connectivity index is 2.99. The molecule has 0 aliphatic carbocycles. The van der Waals surface area contributed by atoms with E-state index >= 15 is 0 Å². The molecule has 0 saturated carbocycles. The summed E-state index contributed by atoms with van der Waals surface area (Å²) >= 11 is 0. The second-order valence-corrected chi connectivity index (χ2v) is 5.20. The summed E-state index contributed by atoms with van der Waals surface area (Å²) in [7, 11) is 0. The quantitative estimate of drug-likeness (QED) is 0.831. The zero-order valence-electron chi connectivity index (χ0n) is 12.4. The third-order valence-electron chi connectivity index (χ3n) is 3.15. The van der Waals surface area contributed by atoms with Gasteiger partial charge in [0.1, 0.15) is 0 Å². The van der Waals surface area contributed by atoms with E-state index in [4.69, 9.17) is 5.11 Å². The van der Waals surface area contributed by atoms with Gasteiger partial charge in [0.2, 0.25) is 5.76 Å². The molecule has 1 aromatic heterocycles. The van der Waals surface area contributed by atoms with Gasteiger partial charge in [-0.1, -0.05) is 32.9 Å². The highest BCUT2D eigenvalue weighted by Gasteiger charge is 2.26. The molecule has 112 valence electrons. The summed E-state index contributed by atoms with van der Waals surface area (Å²) in [5.41, 5.74) is 0.0509. The van der Waals surface area contributed by atoms with Crippen molar-refractivity contribution < 1.29 is 19.2 Å². The van der Waals surface area contributed by atoms with Gasteiger partial charge >= 0.3 is 5.97 Å². The third-order valence-corrected chi connectivity index (χ3v) is 3.15. The van der Waals surface area contributed by atoms with Gasteiger partial charge in [-0.15, -0.1) is 0 Å². The smallest absolute Gasteiger partial charge is 0.374 e. The number of hydrogen-bond acceptors (Lipinski definition) is 4. The molecule has 6 heteroatoms. The Morgan fingerprint density at radius 3 is 2.35 bits per heavy atom. The third kappa shape index (κ3) is 3.82. The molecule has 6 nitrogen and oxygen atoms in total. The lowest BCUT2D eigenvalue weighted by Crippen LogP contribution is -2.42. The minimum Gasteiger partial charge on any atom is -0.475 e. The average Bonchev–Trinajstić information content (AvgIpc) is 2.87. The summed E-state index contributed by atoms with van der Waals surface area (Å²) in [5.74, 6) is -1.49. The van der Waals surface area contributed by atoms with Crippen LogP contribution in [0.1, 0.15) is 61.6 Å². The molecule has 0 aromatic carbocycles. The van der Waals surface area contributed by atoms with E-state index in [1.807, 2.05) is 27.7 Å². The molecule has 0 bridgehead atoms.